The summed E-state index contributed by atoms with van der Waals surface area (Å²) < 4.78 is 37.6. The summed E-state index contributed by atoms with van der Waals surface area (Å²) in [6.07, 6.45) is 1.14. The molecule has 2 aromatic carbocycles. The molecule has 146 valence electrons. The molecule has 1 heterocycles. The minimum atomic E-state index is -3.28. The number of halogens is 1. The molecule has 0 radical (unpaired) electrons. The van der Waals surface area contributed by atoms with E-state index >= 15 is 0 Å². The molecule has 0 saturated heterocycles. The Bertz CT molecular complexity index is 1110. The van der Waals surface area contributed by atoms with Crippen LogP contribution in [0, 0.1) is 12.7 Å². The van der Waals surface area contributed by atoms with Crippen LogP contribution < -0.4 is 5.32 Å². The van der Waals surface area contributed by atoms with Crippen molar-refractivity contribution in [1.29, 1.82) is 0 Å². The molecule has 3 rings (SSSR count). The SMILES string of the molecule is Cc1nc(C(=O)N[C@H](C)c2ccc(S(C)(=O)=O)cc2)nn1-c1ccc(F)cc1. The maximum Gasteiger partial charge on any atom is 0.291 e. The molecule has 0 aliphatic carbocycles. The van der Waals surface area contributed by atoms with E-state index in [0.29, 0.717) is 11.5 Å². The van der Waals surface area contributed by atoms with Gasteiger partial charge in [0.25, 0.3) is 5.91 Å². The summed E-state index contributed by atoms with van der Waals surface area (Å²) in [6.45, 7) is 3.47. The van der Waals surface area contributed by atoms with Crippen molar-refractivity contribution in [2.45, 2.75) is 24.8 Å². The molecule has 0 fully saturated rings. The molecule has 9 heteroatoms. The third-order valence-corrected chi connectivity index (χ3v) is 5.33. The van der Waals surface area contributed by atoms with Gasteiger partial charge in [0.1, 0.15) is 11.6 Å². The monoisotopic (exact) mass is 402 g/mol. The summed E-state index contributed by atoms with van der Waals surface area (Å²) >= 11 is 0. The number of aryl methyl sites for hydroxylation is 1. The number of carbonyl (C=O) groups excluding carboxylic acids is 1. The van der Waals surface area contributed by atoms with Crippen molar-refractivity contribution in [3.8, 4) is 5.69 Å². The van der Waals surface area contributed by atoms with Gasteiger partial charge in [-0.1, -0.05) is 12.1 Å². The van der Waals surface area contributed by atoms with Gasteiger partial charge in [-0.25, -0.2) is 22.5 Å². The zero-order chi connectivity index (χ0) is 20.5. The van der Waals surface area contributed by atoms with E-state index in [0.717, 1.165) is 11.8 Å². The second-order valence-corrected chi connectivity index (χ2v) is 8.42. The number of hydrogen-bond donors (Lipinski definition) is 1. The molecule has 7 nitrogen and oxygen atoms in total. The fraction of sp³-hybridized carbons (Fsp3) is 0.211. The van der Waals surface area contributed by atoms with Crippen LogP contribution in [-0.2, 0) is 9.84 Å². The van der Waals surface area contributed by atoms with Gasteiger partial charge >= 0.3 is 0 Å². The van der Waals surface area contributed by atoms with E-state index < -0.39 is 15.7 Å². The Balaban J connectivity index is 1.76. The molecule has 1 N–H and O–H groups in total. The molecule has 0 unspecified atom stereocenters. The molecule has 1 aromatic heterocycles. The third-order valence-electron chi connectivity index (χ3n) is 4.20. The van der Waals surface area contributed by atoms with Crippen LogP contribution in [-0.4, -0.2) is 35.3 Å². The highest BCUT2D eigenvalue weighted by Gasteiger charge is 2.18. The molecule has 0 aliphatic rings. The van der Waals surface area contributed by atoms with Crippen molar-refractivity contribution in [2.75, 3.05) is 6.26 Å². The van der Waals surface area contributed by atoms with Crippen LogP contribution in [0.1, 0.15) is 35.0 Å². The van der Waals surface area contributed by atoms with Gasteiger partial charge in [0, 0.05) is 6.26 Å². The molecule has 1 amide bonds. The van der Waals surface area contributed by atoms with E-state index in [4.69, 9.17) is 0 Å². The first-order valence-corrected chi connectivity index (χ1v) is 10.3. The molecule has 3 aromatic rings. The molecule has 0 spiro atoms. The molecular formula is C19H19FN4O3S. The number of sulfone groups is 1. The average Bonchev–Trinajstić information content (AvgIpc) is 3.03. The number of benzene rings is 2. The average molecular weight is 402 g/mol. The summed E-state index contributed by atoms with van der Waals surface area (Å²) in [6, 6.07) is 11.6. The second kappa shape index (κ2) is 7.51. The number of nitrogens with zero attached hydrogens (tertiary/aromatic N) is 3. The number of hydrogen-bond acceptors (Lipinski definition) is 5. The predicted molar refractivity (Wildman–Crippen MR) is 101 cm³/mol. The topological polar surface area (TPSA) is 93.9 Å². The van der Waals surface area contributed by atoms with Gasteiger partial charge in [-0.05, 0) is 55.8 Å². The van der Waals surface area contributed by atoms with Crippen molar-refractivity contribution < 1.29 is 17.6 Å². The van der Waals surface area contributed by atoms with Crippen LogP contribution in [0.4, 0.5) is 4.39 Å². The van der Waals surface area contributed by atoms with Crippen molar-refractivity contribution in [2.24, 2.45) is 0 Å². The highest BCUT2D eigenvalue weighted by molar-refractivity contribution is 7.90. The number of nitrogens with one attached hydrogen (secondary N) is 1. The summed E-state index contributed by atoms with van der Waals surface area (Å²) in [5.74, 6) is -0.359. The van der Waals surface area contributed by atoms with E-state index in [9.17, 15) is 17.6 Å². The van der Waals surface area contributed by atoms with Crippen LogP contribution in [0.5, 0.6) is 0 Å². The summed E-state index contributed by atoms with van der Waals surface area (Å²) in [5, 5.41) is 6.98. The Morgan fingerprint density at radius 2 is 1.71 bits per heavy atom. The largest absolute Gasteiger partial charge is 0.343 e. The standard InChI is InChI=1S/C19H19FN4O3S/c1-12(14-4-10-17(11-5-14)28(3,26)27)21-19(25)18-22-13(2)24(23-18)16-8-6-15(20)7-9-16/h4-12H,1-3H3,(H,21,25)/t12-/m1/s1. The van der Waals surface area contributed by atoms with Gasteiger partial charge in [-0.3, -0.25) is 4.79 Å². The first kappa shape index (κ1) is 19.7. The van der Waals surface area contributed by atoms with E-state index in [1.807, 2.05) is 0 Å². The van der Waals surface area contributed by atoms with Gasteiger partial charge in [0.05, 0.1) is 16.6 Å². The molecule has 0 aliphatic heterocycles. The van der Waals surface area contributed by atoms with Gasteiger partial charge in [0.2, 0.25) is 5.82 Å². The maximum atomic E-state index is 13.1. The highest BCUT2D eigenvalue weighted by Crippen LogP contribution is 2.17. The molecule has 1 atom stereocenters. The third kappa shape index (κ3) is 4.25. The smallest absolute Gasteiger partial charge is 0.291 e. The van der Waals surface area contributed by atoms with Gasteiger partial charge in [-0.15, -0.1) is 5.10 Å². The summed E-state index contributed by atoms with van der Waals surface area (Å²) in [7, 11) is -3.28. The Morgan fingerprint density at radius 3 is 2.29 bits per heavy atom. The lowest BCUT2D eigenvalue weighted by Gasteiger charge is -2.13. The Hall–Kier alpha value is -3.07. The van der Waals surface area contributed by atoms with Crippen LogP contribution >= 0.6 is 0 Å². The maximum absolute atomic E-state index is 13.1. The predicted octanol–water partition coefficient (Wildman–Crippen LogP) is 2.61. The first-order chi connectivity index (χ1) is 13.1. The van der Waals surface area contributed by atoms with E-state index in [1.165, 1.54) is 28.9 Å². The van der Waals surface area contributed by atoms with Crippen LogP contribution in [0.3, 0.4) is 0 Å². The quantitative estimate of drug-likeness (QED) is 0.708. The normalized spacial score (nSPS) is 12.6. The minimum absolute atomic E-state index is 0.0126. The number of aromatic nitrogens is 3. The fourth-order valence-electron chi connectivity index (χ4n) is 2.66. The number of amides is 1. The number of carbonyl (C=O) groups is 1. The van der Waals surface area contributed by atoms with E-state index in [-0.39, 0.29) is 22.6 Å². The zero-order valence-electron chi connectivity index (χ0n) is 15.5. The Kier molecular flexibility index (Phi) is 5.28. The van der Waals surface area contributed by atoms with Gasteiger partial charge in [-0.2, -0.15) is 0 Å². The second-order valence-electron chi connectivity index (χ2n) is 6.41. The van der Waals surface area contributed by atoms with Crippen molar-refractivity contribution in [1.82, 2.24) is 20.1 Å². The van der Waals surface area contributed by atoms with E-state index in [2.05, 4.69) is 15.4 Å². The number of rotatable bonds is 5. The van der Waals surface area contributed by atoms with Crippen LogP contribution in [0.15, 0.2) is 53.4 Å². The van der Waals surface area contributed by atoms with Gasteiger partial charge < -0.3 is 5.32 Å². The van der Waals surface area contributed by atoms with Crippen molar-refractivity contribution in [3.63, 3.8) is 0 Å². The Morgan fingerprint density at radius 1 is 1.11 bits per heavy atom. The summed E-state index contributed by atoms with van der Waals surface area (Å²) in [4.78, 5) is 16.9. The lowest BCUT2D eigenvalue weighted by atomic mass is 10.1. The lowest BCUT2D eigenvalue weighted by Crippen LogP contribution is -2.27. The van der Waals surface area contributed by atoms with E-state index in [1.54, 1.807) is 38.1 Å². The van der Waals surface area contributed by atoms with Crippen molar-refractivity contribution in [3.05, 3.63) is 71.6 Å². The fourth-order valence-corrected chi connectivity index (χ4v) is 3.29. The zero-order valence-corrected chi connectivity index (χ0v) is 16.4. The highest BCUT2D eigenvalue weighted by atomic mass is 32.2. The molecule has 28 heavy (non-hydrogen) atoms. The lowest BCUT2D eigenvalue weighted by molar-refractivity contribution is 0.0929. The Labute approximate surface area is 162 Å². The van der Waals surface area contributed by atoms with Gasteiger partial charge in [0.15, 0.2) is 9.84 Å². The molecule has 0 saturated carbocycles. The molecule has 0 bridgehead atoms. The van der Waals surface area contributed by atoms with Crippen LogP contribution in [0.2, 0.25) is 0 Å². The first-order valence-electron chi connectivity index (χ1n) is 8.45. The minimum Gasteiger partial charge on any atom is -0.343 e. The molecular weight excluding hydrogens is 383 g/mol. The van der Waals surface area contributed by atoms with Crippen molar-refractivity contribution >= 4 is 15.7 Å². The summed E-state index contributed by atoms with van der Waals surface area (Å²) in [5.41, 5.74) is 1.34. The van der Waals surface area contributed by atoms with Crippen LogP contribution in [0.25, 0.3) is 5.69 Å².